The largest absolute Gasteiger partial charge is 0.404 e. The second-order valence-corrected chi connectivity index (χ2v) is 4.12. The van der Waals surface area contributed by atoms with Crippen LogP contribution in [-0.2, 0) is 4.79 Å². The molecule has 1 atom stereocenters. The van der Waals surface area contributed by atoms with Crippen molar-refractivity contribution in [1.29, 1.82) is 0 Å². The molecule has 0 saturated carbocycles. The van der Waals surface area contributed by atoms with Crippen molar-refractivity contribution in [3.63, 3.8) is 0 Å². The van der Waals surface area contributed by atoms with Crippen molar-refractivity contribution < 1.29 is 23.1 Å². The van der Waals surface area contributed by atoms with Crippen LogP contribution in [0.2, 0.25) is 0 Å². The molecule has 1 rings (SSSR count). The van der Waals surface area contributed by atoms with E-state index in [4.69, 9.17) is 5.11 Å². The Kier molecular flexibility index (Phi) is 4.37. The number of likely N-dealkylation sites (N-methyl/N-ethyl adjacent to an activating group) is 1. The van der Waals surface area contributed by atoms with Gasteiger partial charge in [0, 0.05) is 19.6 Å². The molecule has 0 aromatic carbocycles. The van der Waals surface area contributed by atoms with Crippen LogP contribution in [0, 0.1) is 5.41 Å². The van der Waals surface area contributed by atoms with Gasteiger partial charge in [-0.05, 0) is 19.9 Å². The van der Waals surface area contributed by atoms with Crippen LogP contribution in [0.25, 0.3) is 0 Å². The van der Waals surface area contributed by atoms with Gasteiger partial charge in [0.1, 0.15) is 0 Å². The van der Waals surface area contributed by atoms with Crippen LogP contribution in [0.15, 0.2) is 0 Å². The fourth-order valence-corrected chi connectivity index (χ4v) is 2.06. The van der Waals surface area contributed by atoms with Crippen molar-refractivity contribution >= 4 is 5.91 Å². The van der Waals surface area contributed by atoms with Gasteiger partial charge in [0.15, 0.2) is 5.41 Å². The summed E-state index contributed by atoms with van der Waals surface area (Å²) >= 11 is 0. The molecule has 0 bridgehead atoms. The minimum Gasteiger partial charge on any atom is -0.395 e. The lowest BCUT2D eigenvalue weighted by Crippen LogP contribution is -2.54. The minimum atomic E-state index is -4.56. The summed E-state index contributed by atoms with van der Waals surface area (Å²) in [6.45, 7) is 1.17. The van der Waals surface area contributed by atoms with E-state index in [2.05, 4.69) is 5.32 Å². The van der Waals surface area contributed by atoms with E-state index < -0.39 is 17.5 Å². The number of carbonyl (C=O) groups is 1. The highest BCUT2D eigenvalue weighted by atomic mass is 19.4. The van der Waals surface area contributed by atoms with Crippen molar-refractivity contribution in [1.82, 2.24) is 10.2 Å². The van der Waals surface area contributed by atoms with E-state index in [1.165, 1.54) is 0 Å². The van der Waals surface area contributed by atoms with Crippen LogP contribution in [0.1, 0.15) is 13.3 Å². The summed E-state index contributed by atoms with van der Waals surface area (Å²) in [7, 11) is 0. The zero-order valence-corrected chi connectivity index (χ0v) is 9.68. The maximum atomic E-state index is 13.1. The van der Waals surface area contributed by atoms with Gasteiger partial charge in [0.2, 0.25) is 5.91 Å². The predicted molar refractivity (Wildman–Crippen MR) is 55.3 cm³/mol. The zero-order chi connectivity index (χ0) is 13.1. The number of hydrogen-bond donors (Lipinski definition) is 2. The van der Waals surface area contributed by atoms with Gasteiger partial charge in [-0.3, -0.25) is 4.79 Å². The molecule has 2 N–H and O–H groups in total. The van der Waals surface area contributed by atoms with Crippen molar-refractivity contribution in [2.45, 2.75) is 19.5 Å². The summed E-state index contributed by atoms with van der Waals surface area (Å²) in [6, 6.07) is 0. The SMILES string of the molecule is CCN(CCO)C(=O)C1(C(F)(F)F)CCNC1. The van der Waals surface area contributed by atoms with Crippen molar-refractivity contribution in [3.8, 4) is 0 Å². The topological polar surface area (TPSA) is 52.6 Å². The maximum Gasteiger partial charge on any atom is 0.404 e. The van der Waals surface area contributed by atoms with Crippen molar-refractivity contribution in [3.05, 3.63) is 0 Å². The molecular weight excluding hydrogens is 237 g/mol. The van der Waals surface area contributed by atoms with Gasteiger partial charge in [-0.15, -0.1) is 0 Å². The summed E-state index contributed by atoms with van der Waals surface area (Å²) in [5.41, 5.74) is -2.32. The number of rotatable bonds is 4. The first-order valence-corrected chi connectivity index (χ1v) is 5.56. The van der Waals surface area contributed by atoms with E-state index >= 15 is 0 Å². The van der Waals surface area contributed by atoms with Crippen LogP contribution in [-0.4, -0.2) is 54.9 Å². The van der Waals surface area contributed by atoms with Crippen LogP contribution in [0.3, 0.4) is 0 Å². The Balaban J connectivity index is 2.95. The Morgan fingerprint density at radius 1 is 1.53 bits per heavy atom. The van der Waals surface area contributed by atoms with Gasteiger partial charge >= 0.3 is 6.18 Å². The summed E-state index contributed by atoms with van der Waals surface area (Å²) in [6.07, 6.45) is -4.80. The number of nitrogens with one attached hydrogen (secondary N) is 1. The quantitative estimate of drug-likeness (QED) is 0.762. The molecule has 1 unspecified atom stereocenters. The van der Waals surface area contributed by atoms with E-state index in [0.717, 1.165) is 4.90 Å². The van der Waals surface area contributed by atoms with E-state index in [-0.39, 0.29) is 39.2 Å². The van der Waals surface area contributed by atoms with Crippen molar-refractivity contribution in [2.75, 3.05) is 32.8 Å². The number of aliphatic hydroxyl groups is 1. The molecule has 0 spiro atoms. The average Bonchev–Trinajstić information content (AvgIpc) is 2.74. The lowest BCUT2D eigenvalue weighted by molar-refractivity contribution is -0.221. The van der Waals surface area contributed by atoms with Crippen LogP contribution in [0.4, 0.5) is 13.2 Å². The molecule has 1 amide bonds. The average molecular weight is 254 g/mol. The first-order valence-electron chi connectivity index (χ1n) is 5.56. The third-order valence-corrected chi connectivity index (χ3v) is 3.15. The highest BCUT2D eigenvalue weighted by Gasteiger charge is 2.62. The molecule has 1 saturated heterocycles. The van der Waals surface area contributed by atoms with Crippen LogP contribution < -0.4 is 5.32 Å². The van der Waals surface area contributed by atoms with Gasteiger partial charge in [0.05, 0.1) is 6.61 Å². The smallest absolute Gasteiger partial charge is 0.395 e. The molecule has 1 aliphatic rings. The van der Waals surface area contributed by atoms with Gasteiger partial charge < -0.3 is 15.3 Å². The summed E-state index contributed by atoms with van der Waals surface area (Å²) in [5.74, 6) is -0.938. The highest BCUT2D eigenvalue weighted by Crippen LogP contribution is 2.44. The monoisotopic (exact) mass is 254 g/mol. The molecule has 0 radical (unpaired) electrons. The second-order valence-electron chi connectivity index (χ2n) is 4.12. The van der Waals surface area contributed by atoms with Gasteiger partial charge in [-0.25, -0.2) is 0 Å². The number of alkyl halides is 3. The minimum absolute atomic E-state index is 0.0623. The third kappa shape index (κ3) is 2.55. The van der Waals surface area contributed by atoms with Gasteiger partial charge in [-0.1, -0.05) is 0 Å². The molecule has 0 aromatic heterocycles. The van der Waals surface area contributed by atoms with E-state index in [9.17, 15) is 18.0 Å². The highest BCUT2D eigenvalue weighted by molar-refractivity contribution is 5.84. The maximum absolute atomic E-state index is 13.1. The molecule has 17 heavy (non-hydrogen) atoms. The lowest BCUT2D eigenvalue weighted by Gasteiger charge is -2.34. The fourth-order valence-electron chi connectivity index (χ4n) is 2.06. The Morgan fingerprint density at radius 2 is 2.18 bits per heavy atom. The Morgan fingerprint density at radius 3 is 2.53 bits per heavy atom. The third-order valence-electron chi connectivity index (χ3n) is 3.15. The molecule has 100 valence electrons. The second kappa shape index (κ2) is 5.22. The summed E-state index contributed by atoms with van der Waals surface area (Å²) in [4.78, 5) is 13.0. The van der Waals surface area contributed by atoms with E-state index in [0.29, 0.717) is 0 Å². The van der Waals surface area contributed by atoms with Gasteiger partial charge in [-0.2, -0.15) is 13.2 Å². The number of amides is 1. The van der Waals surface area contributed by atoms with Crippen molar-refractivity contribution in [2.24, 2.45) is 5.41 Å². The van der Waals surface area contributed by atoms with E-state index in [1.54, 1.807) is 6.92 Å². The summed E-state index contributed by atoms with van der Waals surface area (Å²) in [5, 5.41) is 11.3. The Hall–Kier alpha value is -0.820. The molecule has 0 aliphatic carbocycles. The first kappa shape index (κ1) is 14.2. The predicted octanol–water partition coefficient (Wildman–Crippen LogP) is 0.369. The lowest BCUT2D eigenvalue weighted by atomic mass is 9.84. The standard InChI is InChI=1S/C10H17F3N2O2/c1-2-15(5-6-16)8(17)9(10(11,12)13)3-4-14-7-9/h14,16H,2-7H2,1H3. The number of halogens is 3. The first-order chi connectivity index (χ1) is 7.89. The molecule has 7 heteroatoms. The fraction of sp³-hybridized carbons (Fsp3) is 0.900. The van der Waals surface area contributed by atoms with Crippen LogP contribution in [0.5, 0.6) is 0 Å². The van der Waals surface area contributed by atoms with Crippen LogP contribution >= 0.6 is 0 Å². The van der Waals surface area contributed by atoms with E-state index in [1.807, 2.05) is 0 Å². The number of hydrogen-bond acceptors (Lipinski definition) is 3. The number of nitrogens with zero attached hydrogens (tertiary/aromatic N) is 1. The molecule has 0 aromatic rings. The number of aliphatic hydroxyl groups excluding tert-OH is 1. The Labute approximate surface area is 97.8 Å². The normalized spacial score (nSPS) is 25.0. The zero-order valence-electron chi connectivity index (χ0n) is 9.68. The molecule has 1 aliphatic heterocycles. The Bertz CT molecular complexity index is 275. The molecule has 4 nitrogen and oxygen atoms in total. The number of carbonyl (C=O) groups excluding carboxylic acids is 1. The summed E-state index contributed by atoms with van der Waals surface area (Å²) < 4.78 is 39.2. The van der Waals surface area contributed by atoms with Gasteiger partial charge in [0.25, 0.3) is 0 Å². The molecular formula is C10H17F3N2O2. The molecule has 1 fully saturated rings. The molecule has 1 heterocycles.